The zero-order valence-electron chi connectivity index (χ0n) is 10.6. The van der Waals surface area contributed by atoms with Crippen LogP contribution >= 0.6 is 27.3 Å². The summed E-state index contributed by atoms with van der Waals surface area (Å²) < 4.78 is 4.54. The summed E-state index contributed by atoms with van der Waals surface area (Å²) in [5.41, 5.74) is 2.25. The lowest BCUT2D eigenvalue weighted by Crippen LogP contribution is -2.32. The molecule has 2 aromatic heterocycles. The topological polar surface area (TPSA) is 16.8 Å². The molecule has 0 unspecified atom stereocenters. The van der Waals surface area contributed by atoms with Crippen LogP contribution in [0.5, 0.6) is 0 Å². The Kier molecular flexibility index (Phi) is 3.62. The molecule has 0 fully saturated rings. The van der Waals surface area contributed by atoms with E-state index < -0.39 is 0 Å². The van der Waals surface area contributed by atoms with Gasteiger partial charge < -0.3 is 0 Å². The summed E-state index contributed by atoms with van der Waals surface area (Å²) >= 11 is 5.24. The minimum Gasteiger partial charge on any atom is -0.236 e. The van der Waals surface area contributed by atoms with Crippen LogP contribution in [0.1, 0.15) is 13.3 Å². The number of pyridine rings is 1. The van der Waals surface area contributed by atoms with E-state index in [0.717, 1.165) is 28.0 Å². The van der Waals surface area contributed by atoms with E-state index in [4.69, 9.17) is 4.98 Å². The molecule has 0 spiro atoms. The SMILES string of the molecule is CCC[n+]1cccc(-c2nc3ccc(Br)cc3s2)c1. The molecule has 1 aromatic carbocycles. The Morgan fingerprint density at radius 2 is 2.21 bits per heavy atom. The van der Waals surface area contributed by atoms with Gasteiger partial charge in [0.2, 0.25) is 0 Å². The van der Waals surface area contributed by atoms with Gasteiger partial charge in [0.15, 0.2) is 12.4 Å². The fourth-order valence-corrected chi connectivity index (χ4v) is 3.58. The van der Waals surface area contributed by atoms with Crippen molar-refractivity contribution in [2.75, 3.05) is 0 Å². The molecule has 2 heterocycles. The Morgan fingerprint density at radius 3 is 3.05 bits per heavy atom. The summed E-state index contributed by atoms with van der Waals surface area (Å²) in [6.45, 7) is 3.24. The van der Waals surface area contributed by atoms with Gasteiger partial charge in [-0.3, -0.25) is 0 Å². The van der Waals surface area contributed by atoms with E-state index in [1.807, 2.05) is 6.07 Å². The number of thiazole rings is 1. The summed E-state index contributed by atoms with van der Waals surface area (Å²) in [6.07, 6.45) is 5.42. The van der Waals surface area contributed by atoms with Crippen molar-refractivity contribution in [3.05, 3.63) is 47.2 Å². The van der Waals surface area contributed by atoms with E-state index >= 15 is 0 Å². The van der Waals surface area contributed by atoms with Crippen LogP contribution in [0.4, 0.5) is 0 Å². The van der Waals surface area contributed by atoms with Gasteiger partial charge in [-0.2, -0.15) is 0 Å². The maximum Gasteiger partial charge on any atom is 0.179 e. The standard InChI is InChI=1S/C15H14BrN2S/c1-2-7-18-8-3-4-11(10-18)15-17-13-6-5-12(16)9-14(13)19-15/h3-6,8-10H,2,7H2,1H3/q+1. The van der Waals surface area contributed by atoms with E-state index in [1.165, 1.54) is 10.3 Å². The molecule has 3 rings (SSSR count). The lowest BCUT2D eigenvalue weighted by Gasteiger charge is -1.96. The van der Waals surface area contributed by atoms with Crippen molar-refractivity contribution < 1.29 is 4.57 Å². The number of aromatic nitrogens is 2. The highest BCUT2D eigenvalue weighted by Crippen LogP contribution is 2.31. The van der Waals surface area contributed by atoms with Crippen LogP contribution in [-0.2, 0) is 6.54 Å². The second-order valence-corrected chi connectivity index (χ2v) is 6.41. The quantitative estimate of drug-likeness (QED) is 0.648. The van der Waals surface area contributed by atoms with E-state index in [0.29, 0.717) is 0 Å². The van der Waals surface area contributed by atoms with Crippen LogP contribution in [0.25, 0.3) is 20.8 Å². The zero-order valence-corrected chi connectivity index (χ0v) is 13.0. The number of halogens is 1. The Balaban J connectivity index is 2.05. The number of hydrogen-bond acceptors (Lipinski definition) is 2. The van der Waals surface area contributed by atoms with Crippen molar-refractivity contribution in [2.24, 2.45) is 0 Å². The van der Waals surface area contributed by atoms with Gasteiger partial charge in [-0.25, -0.2) is 9.55 Å². The maximum absolute atomic E-state index is 4.71. The van der Waals surface area contributed by atoms with Crippen molar-refractivity contribution in [3.63, 3.8) is 0 Å². The largest absolute Gasteiger partial charge is 0.236 e. The average molecular weight is 334 g/mol. The summed E-state index contributed by atoms with van der Waals surface area (Å²) in [4.78, 5) is 4.71. The highest BCUT2D eigenvalue weighted by Gasteiger charge is 2.10. The van der Waals surface area contributed by atoms with Crippen LogP contribution in [0.15, 0.2) is 47.2 Å². The molecule has 4 heteroatoms. The average Bonchev–Trinajstić information content (AvgIpc) is 2.82. The van der Waals surface area contributed by atoms with Gasteiger partial charge in [-0.15, -0.1) is 11.3 Å². The van der Waals surface area contributed by atoms with Gasteiger partial charge in [0.05, 0.1) is 15.8 Å². The molecule has 0 bridgehead atoms. The van der Waals surface area contributed by atoms with Gasteiger partial charge >= 0.3 is 0 Å². The predicted molar refractivity (Wildman–Crippen MR) is 83.2 cm³/mol. The molecule has 96 valence electrons. The van der Waals surface area contributed by atoms with E-state index in [2.05, 4.69) is 64.1 Å². The lowest BCUT2D eigenvalue weighted by molar-refractivity contribution is -0.696. The molecule has 0 aliphatic carbocycles. The highest BCUT2D eigenvalue weighted by atomic mass is 79.9. The Hall–Kier alpha value is -1.26. The Labute approximate surface area is 124 Å². The van der Waals surface area contributed by atoms with Gasteiger partial charge in [-0.05, 0) is 24.3 Å². The highest BCUT2D eigenvalue weighted by molar-refractivity contribution is 9.10. The molecule has 0 saturated carbocycles. The van der Waals surface area contributed by atoms with Crippen LogP contribution in [0, 0.1) is 0 Å². The third-order valence-electron chi connectivity index (χ3n) is 2.94. The van der Waals surface area contributed by atoms with Crippen LogP contribution in [0.2, 0.25) is 0 Å². The van der Waals surface area contributed by atoms with Gasteiger partial charge in [0, 0.05) is 17.0 Å². The molecule has 0 atom stereocenters. The van der Waals surface area contributed by atoms with Crippen molar-refractivity contribution in [2.45, 2.75) is 19.9 Å². The van der Waals surface area contributed by atoms with E-state index in [1.54, 1.807) is 11.3 Å². The molecular weight excluding hydrogens is 320 g/mol. The number of benzene rings is 1. The molecular formula is C15H14BrN2S+. The molecule has 19 heavy (non-hydrogen) atoms. The van der Waals surface area contributed by atoms with E-state index in [-0.39, 0.29) is 0 Å². The van der Waals surface area contributed by atoms with Crippen molar-refractivity contribution >= 4 is 37.5 Å². The Morgan fingerprint density at radius 1 is 1.32 bits per heavy atom. The summed E-state index contributed by atoms with van der Waals surface area (Å²) in [5.74, 6) is 0. The number of nitrogens with zero attached hydrogens (tertiary/aromatic N) is 2. The normalized spacial score (nSPS) is 11.1. The number of aryl methyl sites for hydroxylation is 1. The third kappa shape index (κ3) is 2.69. The molecule has 0 saturated heterocycles. The van der Waals surface area contributed by atoms with E-state index in [9.17, 15) is 0 Å². The number of fused-ring (bicyclic) bond motifs is 1. The summed E-state index contributed by atoms with van der Waals surface area (Å²) in [6, 6.07) is 10.4. The first-order valence-electron chi connectivity index (χ1n) is 6.32. The van der Waals surface area contributed by atoms with Gasteiger partial charge in [0.1, 0.15) is 11.6 Å². The number of rotatable bonds is 3. The second kappa shape index (κ2) is 5.39. The third-order valence-corrected chi connectivity index (χ3v) is 4.50. The molecule has 3 aromatic rings. The Bertz CT molecular complexity index is 721. The molecule has 2 nitrogen and oxygen atoms in total. The smallest absolute Gasteiger partial charge is 0.179 e. The van der Waals surface area contributed by atoms with Crippen LogP contribution in [0.3, 0.4) is 0 Å². The fourth-order valence-electron chi connectivity index (χ4n) is 2.07. The minimum absolute atomic E-state index is 1.05. The number of hydrogen-bond donors (Lipinski definition) is 0. The molecule has 0 N–H and O–H groups in total. The molecule has 0 amide bonds. The summed E-state index contributed by atoms with van der Waals surface area (Å²) in [5, 5.41) is 1.08. The second-order valence-electron chi connectivity index (χ2n) is 4.46. The van der Waals surface area contributed by atoms with Crippen molar-refractivity contribution in [3.8, 4) is 10.6 Å². The van der Waals surface area contributed by atoms with Crippen molar-refractivity contribution in [1.82, 2.24) is 4.98 Å². The van der Waals surface area contributed by atoms with Gasteiger partial charge in [0.25, 0.3) is 0 Å². The predicted octanol–water partition coefficient (Wildman–Crippen LogP) is 4.42. The molecule has 0 radical (unpaired) electrons. The van der Waals surface area contributed by atoms with Crippen LogP contribution in [-0.4, -0.2) is 4.98 Å². The minimum atomic E-state index is 1.05. The first-order chi connectivity index (χ1) is 9.26. The maximum atomic E-state index is 4.71. The fraction of sp³-hybridized carbons (Fsp3) is 0.200. The zero-order chi connectivity index (χ0) is 13.2. The summed E-state index contributed by atoms with van der Waals surface area (Å²) in [7, 11) is 0. The van der Waals surface area contributed by atoms with Crippen LogP contribution < -0.4 is 4.57 Å². The van der Waals surface area contributed by atoms with Crippen molar-refractivity contribution in [1.29, 1.82) is 0 Å². The monoisotopic (exact) mass is 333 g/mol. The lowest BCUT2D eigenvalue weighted by atomic mass is 10.3. The molecule has 0 aliphatic heterocycles. The first kappa shape index (κ1) is 12.8. The first-order valence-corrected chi connectivity index (χ1v) is 7.93. The van der Waals surface area contributed by atoms with Gasteiger partial charge in [-0.1, -0.05) is 22.9 Å². The molecule has 0 aliphatic rings.